The maximum Gasteiger partial charge on any atom is 0.213 e. The number of aliphatic imine (C=N–C) groups is 1. The minimum absolute atomic E-state index is 0.680. The fourth-order valence-electron chi connectivity index (χ4n) is 2.87. The predicted octanol–water partition coefficient (Wildman–Crippen LogP) is 2.44. The average Bonchev–Trinajstić information content (AvgIpc) is 3.44. The summed E-state index contributed by atoms with van der Waals surface area (Å²) in [5.74, 6) is 2.22. The van der Waals surface area contributed by atoms with Crippen LogP contribution in [0.1, 0.15) is 36.2 Å². The Bertz CT molecular complexity index is 766. The molecule has 1 aliphatic rings. The molecule has 0 bridgehead atoms. The van der Waals surface area contributed by atoms with Crippen molar-refractivity contribution in [2.24, 2.45) is 10.9 Å². The maximum absolute atomic E-state index is 5.74. The molecule has 0 atom stereocenters. The SMILES string of the molecule is CN=C(NCCCn1nc(C)cc1C)NCc1ccnc(OCC2CC2)c1. The number of aromatic nitrogens is 3. The van der Waals surface area contributed by atoms with Crippen molar-refractivity contribution in [3.63, 3.8) is 0 Å². The van der Waals surface area contributed by atoms with Crippen LogP contribution < -0.4 is 15.4 Å². The third-order valence-electron chi connectivity index (χ3n) is 4.59. The standard InChI is InChI=1S/C20H30N6O/c1-15-11-16(2)26(25-15)10-4-8-23-20(21-3)24-13-18-7-9-22-19(12-18)27-14-17-5-6-17/h7,9,11-12,17H,4-6,8,10,13-14H2,1-3H3,(H2,21,23,24). The van der Waals surface area contributed by atoms with Crippen LogP contribution >= 0.6 is 0 Å². The lowest BCUT2D eigenvalue weighted by Crippen LogP contribution is -2.37. The summed E-state index contributed by atoms with van der Waals surface area (Å²) in [5.41, 5.74) is 3.39. The van der Waals surface area contributed by atoms with E-state index in [4.69, 9.17) is 4.74 Å². The van der Waals surface area contributed by atoms with Crippen LogP contribution in [0.15, 0.2) is 29.4 Å². The van der Waals surface area contributed by atoms with Gasteiger partial charge in [0, 0.05) is 44.6 Å². The van der Waals surface area contributed by atoms with Gasteiger partial charge in [0.1, 0.15) is 0 Å². The number of pyridine rings is 1. The number of rotatable bonds is 9. The van der Waals surface area contributed by atoms with E-state index in [1.165, 1.54) is 18.5 Å². The lowest BCUT2D eigenvalue weighted by atomic mass is 10.2. The van der Waals surface area contributed by atoms with Crippen LogP contribution in [-0.2, 0) is 13.1 Å². The molecule has 1 aliphatic carbocycles. The van der Waals surface area contributed by atoms with Gasteiger partial charge in [-0.25, -0.2) is 4.98 Å². The molecule has 27 heavy (non-hydrogen) atoms. The molecule has 2 aromatic rings. The average molecular weight is 371 g/mol. The van der Waals surface area contributed by atoms with Gasteiger partial charge < -0.3 is 15.4 Å². The molecule has 7 nitrogen and oxygen atoms in total. The minimum Gasteiger partial charge on any atom is -0.477 e. The molecule has 0 spiro atoms. The summed E-state index contributed by atoms with van der Waals surface area (Å²) in [5, 5.41) is 11.2. The summed E-state index contributed by atoms with van der Waals surface area (Å²) in [7, 11) is 1.78. The van der Waals surface area contributed by atoms with Crippen LogP contribution in [0.5, 0.6) is 5.88 Å². The number of hydrogen-bond donors (Lipinski definition) is 2. The zero-order chi connectivity index (χ0) is 19.1. The van der Waals surface area contributed by atoms with Crippen LogP contribution in [0.4, 0.5) is 0 Å². The highest BCUT2D eigenvalue weighted by Crippen LogP contribution is 2.29. The molecule has 0 aliphatic heterocycles. The number of hydrogen-bond acceptors (Lipinski definition) is 4. The predicted molar refractivity (Wildman–Crippen MR) is 107 cm³/mol. The zero-order valence-electron chi connectivity index (χ0n) is 16.5. The van der Waals surface area contributed by atoms with Crippen LogP contribution in [-0.4, -0.2) is 40.9 Å². The van der Waals surface area contributed by atoms with Gasteiger partial charge in [0.2, 0.25) is 5.88 Å². The molecule has 2 aromatic heterocycles. The molecular weight excluding hydrogens is 340 g/mol. The Labute approximate surface area is 161 Å². The molecule has 0 unspecified atom stereocenters. The van der Waals surface area contributed by atoms with Crippen LogP contribution in [0, 0.1) is 19.8 Å². The number of nitrogens with one attached hydrogen (secondary N) is 2. The summed E-state index contributed by atoms with van der Waals surface area (Å²) in [6.45, 7) is 7.31. The van der Waals surface area contributed by atoms with Gasteiger partial charge in [0.25, 0.3) is 0 Å². The second kappa shape index (κ2) is 9.39. The molecule has 3 rings (SSSR count). The Morgan fingerprint density at radius 1 is 1.30 bits per heavy atom. The van der Waals surface area contributed by atoms with Gasteiger partial charge in [0.05, 0.1) is 12.3 Å². The molecule has 1 saturated carbocycles. The van der Waals surface area contributed by atoms with Gasteiger partial charge in [-0.1, -0.05) is 0 Å². The number of ether oxygens (including phenoxy) is 1. The molecule has 0 aromatic carbocycles. The van der Waals surface area contributed by atoms with Gasteiger partial charge in [-0.15, -0.1) is 0 Å². The molecule has 0 radical (unpaired) electrons. The van der Waals surface area contributed by atoms with Crippen molar-refractivity contribution in [1.29, 1.82) is 0 Å². The van der Waals surface area contributed by atoms with Crippen molar-refractivity contribution in [2.45, 2.75) is 46.2 Å². The minimum atomic E-state index is 0.680. The summed E-state index contributed by atoms with van der Waals surface area (Å²) in [6, 6.07) is 6.09. The zero-order valence-corrected chi connectivity index (χ0v) is 16.5. The van der Waals surface area contributed by atoms with Crippen molar-refractivity contribution in [2.75, 3.05) is 20.2 Å². The van der Waals surface area contributed by atoms with E-state index in [0.29, 0.717) is 12.4 Å². The molecule has 1 fully saturated rings. The summed E-state index contributed by atoms with van der Waals surface area (Å²) < 4.78 is 7.79. The smallest absolute Gasteiger partial charge is 0.213 e. The van der Waals surface area contributed by atoms with E-state index in [9.17, 15) is 0 Å². The third-order valence-corrected chi connectivity index (χ3v) is 4.59. The van der Waals surface area contributed by atoms with E-state index in [-0.39, 0.29) is 0 Å². The van der Waals surface area contributed by atoms with Gasteiger partial charge >= 0.3 is 0 Å². The summed E-state index contributed by atoms with van der Waals surface area (Å²) in [4.78, 5) is 8.57. The van der Waals surface area contributed by atoms with Crippen LogP contribution in [0.25, 0.3) is 0 Å². The molecule has 0 saturated heterocycles. The fraction of sp³-hybridized carbons (Fsp3) is 0.550. The van der Waals surface area contributed by atoms with E-state index in [1.54, 1.807) is 13.2 Å². The van der Waals surface area contributed by atoms with Crippen molar-refractivity contribution in [1.82, 2.24) is 25.4 Å². The van der Waals surface area contributed by atoms with Gasteiger partial charge in [-0.2, -0.15) is 5.10 Å². The second-order valence-corrected chi connectivity index (χ2v) is 7.11. The maximum atomic E-state index is 5.74. The molecule has 7 heteroatoms. The van der Waals surface area contributed by atoms with E-state index in [0.717, 1.165) is 49.3 Å². The first-order valence-electron chi connectivity index (χ1n) is 9.67. The molecule has 0 amide bonds. The van der Waals surface area contributed by atoms with E-state index < -0.39 is 0 Å². The summed E-state index contributed by atoms with van der Waals surface area (Å²) >= 11 is 0. The van der Waals surface area contributed by atoms with Gasteiger partial charge in [-0.05, 0) is 56.7 Å². The Morgan fingerprint density at radius 2 is 2.15 bits per heavy atom. The number of nitrogens with zero attached hydrogens (tertiary/aromatic N) is 4. The Balaban J connectivity index is 1.38. The largest absolute Gasteiger partial charge is 0.477 e. The van der Waals surface area contributed by atoms with Gasteiger partial charge in [-0.3, -0.25) is 9.67 Å². The van der Waals surface area contributed by atoms with Crippen molar-refractivity contribution in [3.8, 4) is 5.88 Å². The fourth-order valence-corrected chi connectivity index (χ4v) is 2.87. The Kier molecular flexibility index (Phi) is 6.68. The second-order valence-electron chi connectivity index (χ2n) is 7.11. The Hall–Kier alpha value is -2.57. The monoisotopic (exact) mass is 370 g/mol. The molecular formula is C20H30N6O. The topological polar surface area (TPSA) is 76.4 Å². The highest BCUT2D eigenvalue weighted by atomic mass is 16.5. The van der Waals surface area contributed by atoms with E-state index in [2.05, 4.69) is 38.7 Å². The number of guanidine groups is 1. The first-order valence-corrected chi connectivity index (χ1v) is 9.67. The van der Waals surface area contributed by atoms with Crippen molar-refractivity contribution < 1.29 is 4.74 Å². The molecule has 2 N–H and O–H groups in total. The van der Waals surface area contributed by atoms with E-state index in [1.807, 2.05) is 23.7 Å². The first kappa shape index (κ1) is 19.2. The first-order chi connectivity index (χ1) is 13.1. The van der Waals surface area contributed by atoms with Crippen molar-refractivity contribution >= 4 is 5.96 Å². The summed E-state index contributed by atoms with van der Waals surface area (Å²) in [6.07, 6.45) is 5.34. The van der Waals surface area contributed by atoms with Crippen LogP contribution in [0.2, 0.25) is 0 Å². The Morgan fingerprint density at radius 3 is 2.85 bits per heavy atom. The lowest BCUT2D eigenvalue weighted by Gasteiger charge is -2.13. The molecule has 146 valence electrons. The molecule has 2 heterocycles. The van der Waals surface area contributed by atoms with E-state index >= 15 is 0 Å². The third kappa shape index (κ3) is 6.27. The normalized spacial score (nSPS) is 14.3. The van der Waals surface area contributed by atoms with Gasteiger partial charge in [0.15, 0.2) is 5.96 Å². The van der Waals surface area contributed by atoms with Crippen molar-refractivity contribution in [3.05, 3.63) is 41.3 Å². The quantitative estimate of drug-likeness (QED) is 0.403. The lowest BCUT2D eigenvalue weighted by molar-refractivity contribution is 0.288. The highest BCUT2D eigenvalue weighted by Gasteiger charge is 2.22. The van der Waals surface area contributed by atoms with Crippen LogP contribution in [0.3, 0.4) is 0 Å². The highest BCUT2D eigenvalue weighted by molar-refractivity contribution is 5.79. The number of aryl methyl sites for hydroxylation is 3.